The summed E-state index contributed by atoms with van der Waals surface area (Å²) >= 11 is 0. The number of ether oxygens (including phenoxy) is 2. The van der Waals surface area contributed by atoms with Gasteiger partial charge in [0.1, 0.15) is 17.2 Å². The predicted molar refractivity (Wildman–Crippen MR) is 116 cm³/mol. The molecule has 3 aromatic rings. The summed E-state index contributed by atoms with van der Waals surface area (Å²) < 4.78 is 39.7. The van der Waals surface area contributed by atoms with Crippen molar-refractivity contribution in [1.29, 1.82) is 0 Å². The van der Waals surface area contributed by atoms with Gasteiger partial charge in [-0.3, -0.25) is 14.5 Å². The lowest BCUT2D eigenvalue weighted by Crippen LogP contribution is -2.16. The molecule has 8 nitrogen and oxygen atoms in total. The van der Waals surface area contributed by atoms with Gasteiger partial charge in [-0.1, -0.05) is 0 Å². The third-order valence-electron chi connectivity index (χ3n) is 4.28. The maximum absolute atomic E-state index is 12.1. The summed E-state index contributed by atoms with van der Waals surface area (Å²) in [4.78, 5) is 16.2. The number of aryl methyl sites for hydroxylation is 1. The normalized spacial score (nSPS) is 11.2. The number of anilines is 1. The van der Waals surface area contributed by atoms with E-state index in [4.69, 9.17) is 9.47 Å². The van der Waals surface area contributed by atoms with Crippen LogP contribution in [0, 0.1) is 0 Å². The van der Waals surface area contributed by atoms with Crippen LogP contribution in [0.5, 0.6) is 17.2 Å². The lowest BCUT2D eigenvalue weighted by Gasteiger charge is -2.17. The number of aromatic nitrogens is 2. The van der Waals surface area contributed by atoms with Crippen LogP contribution >= 0.6 is 0 Å². The first-order chi connectivity index (χ1) is 14.3. The SMILES string of the molecule is CCOc1cc(=O)n(C)cc1-c1cc(NS(=O)(=O)CC)ccc1Oc1cccnc1. The van der Waals surface area contributed by atoms with Crippen molar-refractivity contribution in [2.75, 3.05) is 17.1 Å². The molecular weight excluding hydrogens is 406 g/mol. The van der Waals surface area contributed by atoms with Crippen molar-refractivity contribution in [3.63, 3.8) is 0 Å². The summed E-state index contributed by atoms with van der Waals surface area (Å²) in [6.45, 7) is 3.74. The molecule has 0 unspecified atom stereocenters. The molecule has 2 aromatic heterocycles. The number of pyridine rings is 2. The lowest BCUT2D eigenvalue weighted by molar-refractivity contribution is 0.340. The molecule has 1 N–H and O–H groups in total. The Morgan fingerprint density at radius 1 is 1.10 bits per heavy atom. The van der Waals surface area contributed by atoms with Crippen molar-refractivity contribution in [3.05, 3.63) is 65.3 Å². The van der Waals surface area contributed by atoms with Gasteiger partial charge in [0.25, 0.3) is 5.56 Å². The molecule has 0 aliphatic carbocycles. The molecule has 1 aromatic carbocycles. The number of rotatable bonds is 8. The van der Waals surface area contributed by atoms with Gasteiger partial charge in [-0.05, 0) is 44.2 Å². The van der Waals surface area contributed by atoms with Crippen molar-refractivity contribution >= 4 is 15.7 Å². The van der Waals surface area contributed by atoms with E-state index in [-0.39, 0.29) is 11.3 Å². The average Bonchev–Trinajstić information content (AvgIpc) is 2.72. The minimum Gasteiger partial charge on any atom is -0.493 e. The van der Waals surface area contributed by atoms with Crippen molar-refractivity contribution < 1.29 is 17.9 Å². The van der Waals surface area contributed by atoms with E-state index in [0.29, 0.717) is 40.7 Å². The minimum absolute atomic E-state index is 0.0553. The number of hydrogen-bond donors (Lipinski definition) is 1. The van der Waals surface area contributed by atoms with E-state index in [1.807, 2.05) is 6.92 Å². The number of sulfonamides is 1. The highest BCUT2D eigenvalue weighted by molar-refractivity contribution is 7.92. The van der Waals surface area contributed by atoms with Crippen LogP contribution in [0.2, 0.25) is 0 Å². The van der Waals surface area contributed by atoms with Gasteiger partial charge >= 0.3 is 0 Å². The molecule has 9 heteroatoms. The van der Waals surface area contributed by atoms with E-state index in [2.05, 4.69) is 9.71 Å². The molecule has 0 fully saturated rings. The van der Waals surface area contributed by atoms with Crippen LogP contribution < -0.4 is 19.8 Å². The second kappa shape index (κ2) is 9.00. The number of nitrogens with one attached hydrogen (secondary N) is 1. The highest BCUT2D eigenvalue weighted by Crippen LogP contribution is 2.39. The van der Waals surface area contributed by atoms with Crippen LogP contribution in [-0.2, 0) is 17.1 Å². The zero-order valence-electron chi connectivity index (χ0n) is 17.0. The van der Waals surface area contributed by atoms with E-state index in [0.717, 1.165) is 0 Å². The third kappa shape index (κ3) is 4.98. The van der Waals surface area contributed by atoms with Gasteiger partial charge in [-0.25, -0.2) is 8.42 Å². The molecule has 0 amide bonds. The molecule has 0 aliphatic rings. The maximum Gasteiger partial charge on any atom is 0.254 e. The van der Waals surface area contributed by atoms with Crippen molar-refractivity contribution in [2.24, 2.45) is 7.05 Å². The molecule has 30 heavy (non-hydrogen) atoms. The Morgan fingerprint density at radius 2 is 1.90 bits per heavy atom. The molecule has 0 radical (unpaired) electrons. The molecule has 0 bridgehead atoms. The molecule has 3 rings (SSSR count). The predicted octanol–water partition coefficient (Wildman–Crippen LogP) is 3.40. The summed E-state index contributed by atoms with van der Waals surface area (Å²) in [6, 6.07) is 9.84. The summed E-state index contributed by atoms with van der Waals surface area (Å²) in [5, 5.41) is 0. The topological polar surface area (TPSA) is 99.5 Å². The van der Waals surface area contributed by atoms with Crippen LogP contribution in [0.1, 0.15) is 13.8 Å². The largest absolute Gasteiger partial charge is 0.493 e. The summed E-state index contributed by atoms with van der Waals surface area (Å²) in [7, 11) is -1.83. The number of hydrogen-bond acceptors (Lipinski definition) is 6. The van der Waals surface area contributed by atoms with E-state index in [1.165, 1.54) is 10.6 Å². The first-order valence-corrected chi connectivity index (χ1v) is 11.0. The Balaban J connectivity index is 2.18. The summed E-state index contributed by atoms with van der Waals surface area (Å²) in [5.74, 6) is 1.30. The highest BCUT2D eigenvalue weighted by Gasteiger charge is 2.17. The Labute approximate surface area is 175 Å². The average molecular weight is 429 g/mol. The van der Waals surface area contributed by atoms with E-state index in [1.54, 1.807) is 62.9 Å². The Morgan fingerprint density at radius 3 is 2.57 bits per heavy atom. The van der Waals surface area contributed by atoms with E-state index in [9.17, 15) is 13.2 Å². The van der Waals surface area contributed by atoms with Crippen LogP contribution in [0.25, 0.3) is 11.1 Å². The zero-order chi connectivity index (χ0) is 21.7. The Kier molecular flexibility index (Phi) is 6.41. The van der Waals surface area contributed by atoms with Gasteiger partial charge in [0, 0.05) is 42.3 Å². The van der Waals surface area contributed by atoms with Crippen LogP contribution in [0.3, 0.4) is 0 Å². The van der Waals surface area contributed by atoms with Gasteiger partial charge in [0.05, 0.1) is 18.6 Å². The van der Waals surface area contributed by atoms with Gasteiger partial charge in [0.2, 0.25) is 10.0 Å². The van der Waals surface area contributed by atoms with Crippen molar-refractivity contribution in [2.45, 2.75) is 13.8 Å². The standard InChI is InChI=1S/C21H23N3O5S/c1-4-28-20-12-21(25)24(3)14-18(20)17-11-15(23-30(26,27)5-2)8-9-19(17)29-16-7-6-10-22-13-16/h6-14,23H,4-5H2,1-3H3. The van der Waals surface area contributed by atoms with Crippen molar-refractivity contribution in [3.8, 4) is 28.4 Å². The molecule has 2 heterocycles. The Bertz CT molecular complexity index is 1190. The number of nitrogens with zero attached hydrogens (tertiary/aromatic N) is 2. The molecule has 0 saturated heterocycles. The van der Waals surface area contributed by atoms with E-state index >= 15 is 0 Å². The van der Waals surface area contributed by atoms with Gasteiger partial charge in [0.15, 0.2) is 0 Å². The molecular formula is C21H23N3O5S. The summed E-state index contributed by atoms with van der Waals surface area (Å²) in [6.07, 6.45) is 4.84. The highest BCUT2D eigenvalue weighted by atomic mass is 32.2. The minimum atomic E-state index is -3.47. The fraction of sp³-hybridized carbons (Fsp3) is 0.238. The van der Waals surface area contributed by atoms with Gasteiger partial charge in [-0.15, -0.1) is 0 Å². The second-order valence-corrected chi connectivity index (χ2v) is 8.45. The Hall–Kier alpha value is -3.33. The van der Waals surface area contributed by atoms with Crippen LogP contribution in [-0.4, -0.2) is 30.3 Å². The van der Waals surface area contributed by atoms with Gasteiger partial charge in [-0.2, -0.15) is 0 Å². The number of benzene rings is 1. The lowest BCUT2D eigenvalue weighted by atomic mass is 10.0. The fourth-order valence-corrected chi connectivity index (χ4v) is 3.40. The second-order valence-electron chi connectivity index (χ2n) is 6.44. The monoisotopic (exact) mass is 429 g/mol. The van der Waals surface area contributed by atoms with Crippen molar-refractivity contribution in [1.82, 2.24) is 9.55 Å². The van der Waals surface area contributed by atoms with Crippen LogP contribution in [0.15, 0.2) is 59.8 Å². The molecule has 0 saturated carbocycles. The molecule has 158 valence electrons. The fourth-order valence-electron chi connectivity index (χ4n) is 2.77. The molecule has 0 aliphatic heterocycles. The van der Waals surface area contributed by atoms with Gasteiger partial charge < -0.3 is 14.0 Å². The first kappa shape index (κ1) is 21.4. The maximum atomic E-state index is 12.1. The zero-order valence-corrected chi connectivity index (χ0v) is 17.8. The third-order valence-corrected chi connectivity index (χ3v) is 5.58. The summed E-state index contributed by atoms with van der Waals surface area (Å²) in [5.41, 5.74) is 1.31. The van der Waals surface area contributed by atoms with Crippen LogP contribution in [0.4, 0.5) is 5.69 Å². The molecule has 0 spiro atoms. The first-order valence-electron chi connectivity index (χ1n) is 9.39. The molecule has 0 atom stereocenters. The smallest absolute Gasteiger partial charge is 0.254 e. The van der Waals surface area contributed by atoms with E-state index < -0.39 is 10.0 Å². The quantitative estimate of drug-likeness (QED) is 0.589.